The summed E-state index contributed by atoms with van der Waals surface area (Å²) in [5.74, 6) is 1.64. The molecule has 2 aliphatic rings. The molecule has 2 heterocycles. The van der Waals surface area contributed by atoms with Gasteiger partial charge in [-0.25, -0.2) is 4.79 Å². The average Bonchev–Trinajstić information content (AvgIpc) is 2.97. The maximum atomic E-state index is 11.8. The van der Waals surface area contributed by atoms with Gasteiger partial charge in [0.25, 0.3) is 0 Å². The van der Waals surface area contributed by atoms with Crippen LogP contribution >= 0.6 is 24.0 Å². The Labute approximate surface area is 162 Å². The van der Waals surface area contributed by atoms with E-state index in [1.165, 1.54) is 13.0 Å². The summed E-state index contributed by atoms with van der Waals surface area (Å²) < 4.78 is 5.07. The number of ether oxygens (including phenoxy) is 1. The number of piperazine rings is 1. The van der Waals surface area contributed by atoms with E-state index in [9.17, 15) is 4.79 Å². The minimum absolute atomic E-state index is 0. The normalized spacial score (nSPS) is 22.3. The van der Waals surface area contributed by atoms with Gasteiger partial charge in [0.15, 0.2) is 5.96 Å². The number of nitrogens with one attached hydrogen (secondary N) is 1. The molecule has 1 unspecified atom stereocenters. The third-order valence-electron chi connectivity index (χ3n) is 4.43. The third-order valence-corrected chi connectivity index (χ3v) is 4.43. The Morgan fingerprint density at radius 2 is 1.83 bits per heavy atom. The number of hydrogen-bond donors (Lipinski definition) is 1. The summed E-state index contributed by atoms with van der Waals surface area (Å²) in [6.07, 6.45) is 1.03. The standard InChI is InChI=1S/C16H31N5O2.HI/c1-4-17-15(18-12-14-6-7-19(3)13-14)20-8-10-21(11-9-20)16(22)23-5-2;/h14H,4-13H2,1-3H3,(H,17,18);1H. The van der Waals surface area contributed by atoms with Gasteiger partial charge in [-0.3, -0.25) is 4.99 Å². The van der Waals surface area contributed by atoms with Crippen LogP contribution in [0.2, 0.25) is 0 Å². The van der Waals surface area contributed by atoms with E-state index in [-0.39, 0.29) is 30.1 Å². The van der Waals surface area contributed by atoms with Crippen LogP contribution in [0.1, 0.15) is 20.3 Å². The fourth-order valence-electron chi connectivity index (χ4n) is 3.13. The highest BCUT2D eigenvalue weighted by Gasteiger charge is 2.24. The number of likely N-dealkylation sites (tertiary alicyclic amines) is 1. The molecule has 2 fully saturated rings. The quantitative estimate of drug-likeness (QED) is 0.395. The highest BCUT2D eigenvalue weighted by Crippen LogP contribution is 2.14. The van der Waals surface area contributed by atoms with E-state index in [0.29, 0.717) is 25.6 Å². The van der Waals surface area contributed by atoms with Gasteiger partial charge in [-0.15, -0.1) is 24.0 Å². The molecule has 0 aliphatic carbocycles. The van der Waals surface area contributed by atoms with Crippen molar-refractivity contribution >= 4 is 36.0 Å². The first-order valence-corrected chi connectivity index (χ1v) is 8.77. The molecule has 24 heavy (non-hydrogen) atoms. The van der Waals surface area contributed by atoms with Crippen molar-refractivity contribution in [3.63, 3.8) is 0 Å². The summed E-state index contributed by atoms with van der Waals surface area (Å²) in [6, 6.07) is 0. The lowest BCUT2D eigenvalue weighted by Crippen LogP contribution is -2.54. The lowest BCUT2D eigenvalue weighted by atomic mass is 10.1. The second-order valence-corrected chi connectivity index (χ2v) is 6.28. The van der Waals surface area contributed by atoms with Crippen molar-refractivity contribution in [1.82, 2.24) is 20.0 Å². The predicted molar refractivity (Wildman–Crippen MR) is 107 cm³/mol. The maximum Gasteiger partial charge on any atom is 0.409 e. The zero-order valence-electron chi connectivity index (χ0n) is 15.2. The number of amides is 1. The van der Waals surface area contributed by atoms with Crippen LogP contribution in [-0.2, 0) is 4.74 Å². The summed E-state index contributed by atoms with van der Waals surface area (Å²) in [5.41, 5.74) is 0. The molecule has 0 spiro atoms. The number of carbonyl (C=O) groups excluding carboxylic acids is 1. The van der Waals surface area contributed by atoms with E-state index in [1.807, 2.05) is 6.92 Å². The molecular weight excluding hydrogens is 421 g/mol. The first kappa shape index (κ1) is 21.3. The number of guanidine groups is 1. The van der Waals surface area contributed by atoms with Gasteiger partial charge in [0, 0.05) is 45.8 Å². The van der Waals surface area contributed by atoms with Gasteiger partial charge in [0.1, 0.15) is 0 Å². The van der Waals surface area contributed by atoms with Crippen LogP contribution in [-0.4, -0.2) is 92.8 Å². The predicted octanol–water partition coefficient (Wildman–Crippen LogP) is 1.30. The number of aliphatic imine (C=N–C) groups is 1. The van der Waals surface area contributed by atoms with Gasteiger partial charge >= 0.3 is 6.09 Å². The number of rotatable bonds is 4. The summed E-state index contributed by atoms with van der Waals surface area (Å²) in [5, 5.41) is 3.38. The monoisotopic (exact) mass is 453 g/mol. The Balaban J connectivity index is 0.00000288. The van der Waals surface area contributed by atoms with Crippen LogP contribution in [0.4, 0.5) is 4.79 Å². The van der Waals surface area contributed by atoms with Crippen molar-refractivity contribution in [2.45, 2.75) is 20.3 Å². The first-order chi connectivity index (χ1) is 11.1. The maximum absolute atomic E-state index is 11.8. The topological polar surface area (TPSA) is 60.4 Å². The van der Waals surface area contributed by atoms with E-state index < -0.39 is 0 Å². The molecule has 0 saturated carbocycles. The molecule has 2 saturated heterocycles. The molecule has 0 aromatic rings. The molecule has 0 aromatic heterocycles. The van der Waals surface area contributed by atoms with Crippen molar-refractivity contribution in [2.24, 2.45) is 10.9 Å². The van der Waals surface area contributed by atoms with Crippen LogP contribution in [0.5, 0.6) is 0 Å². The Hall–Kier alpha value is -0.770. The SMILES string of the molecule is CCNC(=NCC1CCN(C)C1)N1CCN(C(=O)OCC)CC1.I. The van der Waals surface area contributed by atoms with Crippen LogP contribution in [0, 0.1) is 5.92 Å². The van der Waals surface area contributed by atoms with Crippen molar-refractivity contribution in [2.75, 3.05) is 66.0 Å². The molecular formula is C16H32IN5O2. The Morgan fingerprint density at radius 1 is 1.17 bits per heavy atom. The summed E-state index contributed by atoms with van der Waals surface area (Å²) in [4.78, 5) is 23.0. The van der Waals surface area contributed by atoms with Crippen molar-refractivity contribution < 1.29 is 9.53 Å². The number of nitrogens with zero attached hydrogens (tertiary/aromatic N) is 4. The zero-order valence-corrected chi connectivity index (χ0v) is 17.5. The van der Waals surface area contributed by atoms with Crippen LogP contribution in [0.15, 0.2) is 4.99 Å². The minimum Gasteiger partial charge on any atom is -0.450 e. The van der Waals surface area contributed by atoms with Crippen LogP contribution in [0.3, 0.4) is 0 Å². The largest absolute Gasteiger partial charge is 0.450 e. The van der Waals surface area contributed by atoms with Crippen molar-refractivity contribution in [1.29, 1.82) is 0 Å². The highest BCUT2D eigenvalue weighted by molar-refractivity contribution is 14.0. The molecule has 140 valence electrons. The molecule has 0 aromatic carbocycles. The molecule has 0 radical (unpaired) electrons. The number of halogens is 1. The summed E-state index contributed by atoms with van der Waals surface area (Å²) in [7, 11) is 2.17. The minimum atomic E-state index is -0.205. The molecule has 1 N–H and O–H groups in total. The van der Waals surface area contributed by atoms with E-state index in [4.69, 9.17) is 9.73 Å². The first-order valence-electron chi connectivity index (χ1n) is 8.77. The fourth-order valence-corrected chi connectivity index (χ4v) is 3.13. The van der Waals surface area contributed by atoms with Crippen molar-refractivity contribution in [3.8, 4) is 0 Å². The molecule has 2 rings (SSSR count). The lowest BCUT2D eigenvalue weighted by Gasteiger charge is -2.36. The van der Waals surface area contributed by atoms with Gasteiger partial charge in [-0.1, -0.05) is 0 Å². The number of hydrogen-bond acceptors (Lipinski definition) is 4. The van der Waals surface area contributed by atoms with Crippen LogP contribution in [0.25, 0.3) is 0 Å². The average molecular weight is 453 g/mol. The van der Waals surface area contributed by atoms with Gasteiger partial charge in [0.2, 0.25) is 0 Å². The van der Waals surface area contributed by atoms with Gasteiger partial charge < -0.3 is 24.8 Å². The number of carbonyl (C=O) groups is 1. The third kappa shape index (κ3) is 6.27. The molecule has 2 aliphatic heterocycles. The van der Waals surface area contributed by atoms with Gasteiger partial charge in [-0.2, -0.15) is 0 Å². The van der Waals surface area contributed by atoms with Crippen molar-refractivity contribution in [3.05, 3.63) is 0 Å². The smallest absolute Gasteiger partial charge is 0.409 e. The van der Waals surface area contributed by atoms with Gasteiger partial charge in [0.05, 0.1) is 6.61 Å². The zero-order chi connectivity index (χ0) is 16.7. The lowest BCUT2D eigenvalue weighted by molar-refractivity contribution is 0.0914. The van der Waals surface area contributed by atoms with E-state index in [1.54, 1.807) is 4.90 Å². The Morgan fingerprint density at radius 3 is 2.38 bits per heavy atom. The second-order valence-electron chi connectivity index (χ2n) is 6.28. The summed E-state index contributed by atoms with van der Waals surface area (Å²) in [6.45, 7) is 11.4. The molecule has 1 atom stereocenters. The van der Waals surface area contributed by atoms with E-state index in [0.717, 1.165) is 38.7 Å². The Kier molecular flexibility index (Phi) is 9.72. The Bertz CT molecular complexity index is 413. The molecule has 7 nitrogen and oxygen atoms in total. The van der Waals surface area contributed by atoms with Gasteiger partial charge in [-0.05, 0) is 39.8 Å². The van der Waals surface area contributed by atoms with E-state index >= 15 is 0 Å². The fraction of sp³-hybridized carbons (Fsp3) is 0.875. The molecule has 0 bridgehead atoms. The highest BCUT2D eigenvalue weighted by atomic mass is 127. The summed E-state index contributed by atoms with van der Waals surface area (Å²) >= 11 is 0. The molecule has 1 amide bonds. The van der Waals surface area contributed by atoms with Crippen LogP contribution < -0.4 is 5.32 Å². The molecule has 8 heteroatoms. The second kappa shape index (κ2) is 11.0. The van der Waals surface area contributed by atoms with E-state index in [2.05, 4.69) is 29.1 Å².